The van der Waals surface area contributed by atoms with Crippen LogP contribution >= 0.6 is 0 Å². The maximum Gasteiger partial charge on any atom is 0.411 e. The molecule has 3 rings (SSSR count). The molecule has 1 aromatic heterocycles. The second kappa shape index (κ2) is 11.2. The maximum atomic E-state index is 13.2. The molecule has 0 bridgehead atoms. The monoisotopic (exact) mass is 464 g/mol. The largest absolute Gasteiger partial charge is 0.411 e. The fourth-order valence-electron chi connectivity index (χ4n) is 3.62. The first kappa shape index (κ1) is 24.7. The highest BCUT2D eigenvalue weighted by Gasteiger charge is 2.28. The van der Waals surface area contributed by atoms with Gasteiger partial charge in [0, 0.05) is 57.3 Å². The lowest BCUT2D eigenvalue weighted by atomic mass is 10.1. The smallest absolute Gasteiger partial charge is 0.372 e. The molecule has 0 spiro atoms. The molecular formula is C23H27F3N4O3. The van der Waals surface area contributed by atoms with Crippen LogP contribution in [0.3, 0.4) is 0 Å². The highest BCUT2D eigenvalue weighted by molar-refractivity contribution is 6.09. The Hall–Kier alpha value is -2.98. The van der Waals surface area contributed by atoms with Gasteiger partial charge in [0.2, 0.25) is 0 Å². The third kappa shape index (κ3) is 7.26. The third-order valence-electron chi connectivity index (χ3n) is 5.37. The van der Waals surface area contributed by atoms with Crippen LogP contribution in [0.1, 0.15) is 32.7 Å². The number of alkyl halides is 3. The zero-order valence-electron chi connectivity index (χ0n) is 18.4. The van der Waals surface area contributed by atoms with E-state index in [1.807, 2.05) is 13.0 Å². The number of nitrogens with zero attached hydrogens (tertiary/aromatic N) is 3. The van der Waals surface area contributed by atoms with Gasteiger partial charge in [-0.1, -0.05) is 12.1 Å². The average Bonchev–Trinajstić information content (AvgIpc) is 2.80. The van der Waals surface area contributed by atoms with E-state index in [0.717, 1.165) is 5.56 Å². The third-order valence-corrected chi connectivity index (χ3v) is 5.37. The maximum absolute atomic E-state index is 13.2. The summed E-state index contributed by atoms with van der Waals surface area (Å²) in [5.41, 5.74) is 2.13. The van der Waals surface area contributed by atoms with Gasteiger partial charge < -0.3 is 15.0 Å². The number of benzene rings is 1. The topological polar surface area (TPSA) is 74.8 Å². The van der Waals surface area contributed by atoms with Crippen molar-refractivity contribution in [1.29, 1.82) is 0 Å². The molecule has 2 aromatic rings. The second-order valence-electron chi connectivity index (χ2n) is 7.84. The van der Waals surface area contributed by atoms with Gasteiger partial charge in [-0.25, -0.2) is 0 Å². The van der Waals surface area contributed by atoms with Crippen molar-refractivity contribution in [1.82, 2.24) is 14.8 Å². The molecule has 0 aliphatic carbocycles. The summed E-state index contributed by atoms with van der Waals surface area (Å²) in [6.07, 6.45) is -0.757. The lowest BCUT2D eigenvalue weighted by molar-refractivity contribution is -0.174. The highest BCUT2D eigenvalue weighted by Crippen LogP contribution is 2.24. The number of aromatic nitrogens is 1. The van der Waals surface area contributed by atoms with E-state index in [9.17, 15) is 22.8 Å². The van der Waals surface area contributed by atoms with Crippen molar-refractivity contribution in [2.45, 2.75) is 19.5 Å². The predicted molar refractivity (Wildman–Crippen MR) is 117 cm³/mol. The van der Waals surface area contributed by atoms with Crippen LogP contribution in [0.25, 0.3) is 0 Å². The van der Waals surface area contributed by atoms with Gasteiger partial charge >= 0.3 is 6.18 Å². The van der Waals surface area contributed by atoms with E-state index < -0.39 is 12.8 Å². The molecule has 178 valence electrons. The number of hydrogen-bond donors (Lipinski definition) is 1. The van der Waals surface area contributed by atoms with Crippen LogP contribution in [0.4, 0.5) is 18.9 Å². The molecule has 0 unspecified atom stereocenters. The number of pyridine rings is 1. The van der Waals surface area contributed by atoms with Crippen LogP contribution < -0.4 is 5.32 Å². The summed E-state index contributed by atoms with van der Waals surface area (Å²) in [6, 6.07) is 8.51. The number of rotatable bonds is 8. The zero-order chi connectivity index (χ0) is 23.8. The Morgan fingerprint density at radius 3 is 2.45 bits per heavy atom. The number of ether oxygens (including phenoxy) is 1. The summed E-state index contributed by atoms with van der Waals surface area (Å²) in [5, 5.41) is 2.86. The van der Waals surface area contributed by atoms with Crippen molar-refractivity contribution in [2.75, 3.05) is 51.3 Å². The minimum Gasteiger partial charge on any atom is -0.372 e. The summed E-state index contributed by atoms with van der Waals surface area (Å²) in [5.74, 6) is -0.491. The van der Waals surface area contributed by atoms with E-state index >= 15 is 0 Å². The molecule has 33 heavy (non-hydrogen) atoms. The van der Waals surface area contributed by atoms with Crippen molar-refractivity contribution in [3.05, 3.63) is 59.4 Å². The lowest BCUT2D eigenvalue weighted by Gasteiger charge is -2.35. The molecule has 1 fully saturated rings. The normalized spacial score (nSPS) is 14.8. The van der Waals surface area contributed by atoms with Crippen molar-refractivity contribution >= 4 is 17.5 Å². The molecule has 2 amide bonds. The molecule has 1 N–H and O–H groups in total. The van der Waals surface area contributed by atoms with Crippen molar-refractivity contribution in [2.24, 2.45) is 0 Å². The summed E-state index contributed by atoms with van der Waals surface area (Å²) >= 11 is 0. The fraction of sp³-hybridized carbons (Fsp3) is 0.435. The number of anilines is 1. The van der Waals surface area contributed by atoms with E-state index in [4.69, 9.17) is 0 Å². The van der Waals surface area contributed by atoms with Crippen molar-refractivity contribution < 1.29 is 27.5 Å². The molecule has 1 aliphatic rings. The van der Waals surface area contributed by atoms with Gasteiger partial charge in [0.25, 0.3) is 11.8 Å². The van der Waals surface area contributed by atoms with Crippen LogP contribution in [0, 0.1) is 6.92 Å². The molecule has 1 aliphatic heterocycles. The molecule has 0 saturated carbocycles. The van der Waals surface area contributed by atoms with E-state index in [-0.39, 0.29) is 18.4 Å². The first-order valence-electron chi connectivity index (χ1n) is 10.7. The number of carbonyl (C=O) groups is 2. The number of piperazine rings is 1. The Morgan fingerprint density at radius 1 is 1.09 bits per heavy atom. The molecule has 1 aromatic carbocycles. The molecule has 7 nitrogen and oxygen atoms in total. The number of halogens is 3. The van der Waals surface area contributed by atoms with E-state index in [1.165, 1.54) is 12.4 Å². The Morgan fingerprint density at radius 2 is 1.79 bits per heavy atom. The summed E-state index contributed by atoms with van der Waals surface area (Å²) in [7, 11) is 0. The quantitative estimate of drug-likeness (QED) is 0.607. The molecule has 1 saturated heterocycles. The predicted octanol–water partition coefficient (Wildman–Crippen LogP) is 3.37. The number of amides is 2. The summed E-state index contributed by atoms with van der Waals surface area (Å²) in [4.78, 5) is 33.6. The van der Waals surface area contributed by atoms with Crippen LogP contribution in [0.2, 0.25) is 0 Å². The van der Waals surface area contributed by atoms with Gasteiger partial charge in [-0.2, -0.15) is 13.2 Å². The number of aryl methyl sites for hydroxylation is 1. The standard InChI is InChI=1S/C23H27F3N4O3/c1-17-4-2-5-19(20(17)28-21(31)18-6-8-27-9-7-18)22(32)30-13-11-29(12-14-30)10-3-15-33-16-23(24,25)26/h2,4-9H,3,10-16H2,1H3,(H,28,31). The van der Waals surface area contributed by atoms with E-state index in [2.05, 4.69) is 19.9 Å². The highest BCUT2D eigenvalue weighted by atomic mass is 19.4. The van der Waals surface area contributed by atoms with Crippen LogP contribution in [0.5, 0.6) is 0 Å². The minimum absolute atomic E-state index is 0.0441. The fourth-order valence-corrected chi connectivity index (χ4v) is 3.62. The summed E-state index contributed by atoms with van der Waals surface area (Å²) < 4.78 is 41.0. The van der Waals surface area contributed by atoms with Crippen LogP contribution in [0.15, 0.2) is 42.7 Å². The Kier molecular flexibility index (Phi) is 8.40. The SMILES string of the molecule is Cc1cccc(C(=O)N2CCN(CCCOCC(F)(F)F)CC2)c1NC(=O)c1ccncc1. The lowest BCUT2D eigenvalue weighted by Crippen LogP contribution is -2.49. The number of nitrogens with one attached hydrogen (secondary N) is 1. The summed E-state index contributed by atoms with van der Waals surface area (Å²) in [6.45, 7) is 3.48. The first-order chi connectivity index (χ1) is 15.7. The average molecular weight is 464 g/mol. The minimum atomic E-state index is -4.31. The van der Waals surface area contributed by atoms with Gasteiger partial charge in [-0.05, 0) is 37.1 Å². The number of hydrogen-bond acceptors (Lipinski definition) is 5. The first-order valence-corrected chi connectivity index (χ1v) is 10.7. The molecular weight excluding hydrogens is 437 g/mol. The van der Waals surface area contributed by atoms with E-state index in [0.29, 0.717) is 56.0 Å². The Balaban J connectivity index is 1.54. The Labute approximate surface area is 190 Å². The molecule has 10 heteroatoms. The molecule has 0 atom stereocenters. The van der Waals surface area contributed by atoms with Crippen molar-refractivity contribution in [3.63, 3.8) is 0 Å². The molecule has 0 radical (unpaired) electrons. The Bertz CT molecular complexity index is 946. The van der Waals surface area contributed by atoms with Gasteiger partial charge in [-0.3, -0.25) is 19.5 Å². The second-order valence-corrected chi connectivity index (χ2v) is 7.84. The number of carbonyl (C=O) groups excluding carboxylic acids is 2. The van der Waals surface area contributed by atoms with Crippen LogP contribution in [-0.4, -0.2) is 78.7 Å². The van der Waals surface area contributed by atoms with Gasteiger partial charge in [0.1, 0.15) is 6.61 Å². The molecule has 2 heterocycles. The zero-order valence-corrected chi connectivity index (χ0v) is 18.4. The van der Waals surface area contributed by atoms with Crippen molar-refractivity contribution in [3.8, 4) is 0 Å². The van der Waals surface area contributed by atoms with Gasteiger partial charge in [0.15, 0.2) is 0 Å². The van der Waals surface area contributed by atoms with Gasteiger partial charge in [0.05, 0.1) is 11.3 Å². The van der Waals surface area contributed by atoms with Gasteiger partial charge in [-0.15, -0.1) is 0 Å². The van der Waals surface area contributed by atoms with E-state index in [1.54, 1.807) is 29.2 Å². The number of para-hydroxylation sites is 1. The van der Waals surface area contributed by atoms with Crippen LogP contribution in [-0.2, 0) is 4.74 Å².